The fraction of sp³-hybridized carbons (Fsp3) is 0.500. The van der Waals surface area contributed by atoms with E-state index < -0.39 is 0 Å². The molecule has 0 amide bonds. The van der Waals surface area contributed by atoms with Crippen molar-refractivity contribution in [2.45, 2.75) is 32.1 Å². The molecule has 2 aliphatic rings. The predicted octanol–water partition coefficient (Wildman–Crippen LogP) is 3.38. The van der Waals surface area contributed by atoms with E-state index in [0.29, 0.717) is 5.92 Å². The smallest absolute Gasteiger partial charge is 0.110 e. The maximum atomic E-state index is 4.79. The molecule has 2 atom stereocenters. The number of aromatic amines is 1. The lowest BCUT2D eigenvalue weighted by atomic mass is 10.0. The maximum Gasteiger partial charge on any atom is 0.110 e. The summed E-state index contributed by atoms with van der Waals surface area (Å²) in [6, 6.07) is 6.37. The van der Waals surface area contributed by atoms with Crippen LogP contribution in [0, 0.1) is 18.8 Å². The molecule has 2 saturated carbocycles. The molecule has 2 unspecified atom stereocenters. The second-order valence-corrected chi connectivity index (χ2v) is 5.52. The van der Waals surface area contributed by atoms with E-state index in [1.807, 2.05) is 0 Å². The predicted molar refractivity (Wildman–Crippen MR) is 64.4 cm³/mol. The minimum Gasteiger partial charge on any atom is -0.342 e. The average Bonchev–Trinajstić information content (AvgIpc) is 2.77. The number of para-hydroxylation sites is 1. The van der Waals surface area contributed by atoms with Gasteiger partial charge in [-0.2, -0.15) is 0 Å². The van der Waals surface area contributed by atoms with Crippen LogP contribution >= 0.6 is 0 Å². The largest absolute Gasteiger partial charge is 0.342 e. The van der Waals surface area contributed by atoms with Crippen molar-refractivity contribution < 1.29 is 0 Å². The highest BCUT2D eigenvalue weighted by Gasteiger charge is 2.46. The van der Waals surface area contributed by atoms with Gasteiger partial charge in [-0.3, -0.25) is 0 Å². The molecule has 0 aliphatic heterocycles. The molecule has 82 valence electrons. The number of aromatic nitrogens is 2. The zero-order valence-electron chi connectivity index (χ0n) is 9.53. The molecule has 2 nitrogen and oxygen atoms in total. The molecule has 2 fully saturated rings. The summed E-state index contributed by atoms with van der Waals surface area (Å²) in [6.07, 6.45) is 4.21. The molecule has 1 N–H and O–H groups in total. The summed E-state index contributed by atoms with van der Waals surface area (Å²) in [6.45, 7) is 2.14. The molecule has 0 radical (unpaired) electrons. The number of rotatable bonds is 1. The second-order valence-electron chi connectivity index (χ2n) is 5.52. The Hall–Kier alpha value is -1.31. The van der Waals surface area contributed by atoms with Gasteiger partial charge in [-0.05, 0) is 49.7 Å². The first kappa shape index (κ1) is 8.80. The van der Waals surface area contributed by atoms with E-state index in [1.54, 1.807) is 0 Å². The minimum absolute atomic E-state index is 0.704. The van der Waals surface area contributed by atoms with Crippen LogP contribution in [0.15, 0.2) is 18.2 Å². The minimum atomic E-state index is 0.704. The van der Waals surface area contributed by atoms with Crippen molar-refractivity contribution in [1.82, 2.24) is 9.97 Å². The molecule has 2 heteroatoms. The lowest BCUT2D eigenvalue weighted by molar-refractivity contribution is 0.597. The van der Waals surface area contributed by atoms with Crippen LogP contribution < -0.4 is 0 Å². The third-order valence-electron chi connectivity index (χ3n) is 4.36. The van der Waals surface area contributed by atoms with Gasteiger partial charge in [-0.1, -0.05) is 12.1 Å². The summed E-state index contributed by atoms with van der Waals surface area (Å²) >= 11 is 0. The molecule has 0 spiro atoms. The number of nitrogens with one attached hydrogen (secondary N) is 1. The number of fused-ring (bicyclic) bond motifs is 2. The molecular weight excluding hydrogens is 196 g/mol. The molecule has 0 bridgehead atoms. The summed E-state index contributed by atoms with van der Waals surface area (Å²) in [5.41, 5.74) is 3.65. The summed E-state index contributed by atoms with van der Waals surface area (Å²) in [4.78, 5) is 8.30. The molecule has 0 saturated heterocycles. The summed E-state index contributed by atoms with van der Waals surface area (Å²) in [5.74, 6) is 3.99. The van der Waals surface area contributed by atoms with Gasteiger partial charge in [-0.15, -0.1) is 0 Å². The molecule has 1 aromatic heterocycles. The number of hydrogen-bond acceptors (Lipinski definition) is 1. The zero-order chi connectivity index (χ0) is 10.7. The van der Waals surface area contributed by atoms with Crippen LogP contribution in [-0.4, -0.2) is 9.97 Å². The number of nitrogens with zero attached hydrogens (tertiary/aromatic N) is 1. The van der Waals surface area contributed by atoms with Crippen LogP contribution in [-0.2, 0) is 0 Å². The lowest BCUT2D eigenvalue weighted by Crippen LogP contribution is -1.97. The monoisotopic (exact) mass is 212 g/mol. The second kappa shape index (κ2) is 2.88. The van der Waals surface area contributed by atoms with E-state index >= 15 is 0 Å². The highest BCUT2D eigenvalue weighted by atomic mass is 14.9. The molecule has 2 aliphatic carbocycles. The number of imidazole rings is 1. The quantitative estimate of drug-likeness (QED) is 0.771. The molecule has 2 aromatic rings. The van der Waals surface area contributed by atoms with Gasteiger partial charge < -0.3 is 4.98 Å². The van der Waals surface area contributed by atoms with Crippen molar-refractivity contribution in [2.24, 2.45) is 11.8 Å². The Morgan fingerprint density at radius 1 is 1.19 bits per heavy atom. The van der Waals surface area contributed by atoms with Crippen LogP contribution in [0.4, 0.5) is 0 Å². The Labute approximate surface area is 95.1 Å². The first-order chi connectivity index (χ1) is 7.81. The number of H-pyrrole nitrogens is 1. The molecule has 16 heavy (non-hydrogen) atoms. The van der Waals surface area contributed by atoms with Crippen molar-refractivity contribution in [2.75, 3.05) is 0 Å². The summed E-state index contributed by atoms with van der Waals surface area (Å²) in [7, 11) is 0. The van der Waals surface area contributed by atoms with Gasteiger partial charge in [0, 0.05) is 5.92 Å². The maximum absolute atomic E-state index is 4.79. The van der Waals surface area contributed by atoms with Gasteiger partial charge in [0.1, 0.15) is 5.82 Å². The van der Waals surface area contributed by atoms with E-state index in [2.05, 4.69) is 30.1 Å². The van der Waals surface area contributed by atoms with E-state index in [9.17, 15) is 0 Å². The first-order valence-electron chi connectivity index (χ1n) is 6.26. The normalized spacial score (nSPS) is 31.9. The van der Waals surface area contributed by atoms with E-state index in [-0.39, 0.29) is 0 Å². The van der Waals surface area contributed by atoms with Crippen LogP contribution in [0.2, 0.25) is 0 Å². The van der Waals surface area contributed by atoms with Gasteiger partial charge in [0.25, 0.3) is 0 Å². The molecule has 1 heterocycles. The molecular formula is C14H16N2. The van der Waals surface area contributed by atoms with Gasteiger partial charge in [-0.25, -0.2) is 4.98 Å². The van der Waals surface area contributed by atoms with Crippen molar-refractivity contribution >= 4 is 11.0 Å². The standard InChI is InChI=1S/C14H16N2/c1-8-3-2-4-12-13(8)16-14(15-12)11-6-9-5-10(9)7-11/h2-4,9-11H,5-7H2,1H3,(H,15,16). The Balaban J connectivity index is 1.78. The Morgan fingerprint density at radius 2 is 2.00 bits per heavy atom. The average molecular weight is 212 g/mol. The Bertz CT molecular complexity index is 545. The number of hydrogen-bond donors (Lipinski definition) is 1. The van der Waals surface area contributed by atoms with Crippen molar-refractivity contribution in [1.29, 1.82) is 0 Å². The van der Waals surface area contributed by atoms with Crippen LogP contribution in [0.3, 0.4) is 0 Å². The zero-order valence-corrected chi connectivity index (χ0v) is 9.53. The van der Waals surface area contributed by atoms with E-state index in [1.165, 1.54) is 36.2 Å². The van der Waals surface area contributed by atoms with Crippen LogP contribution in [0.5, 0.6) is 0 Å². The fourth-order valence-corrected chi connectivity index (χ4v) is 3.33. The van der Waals surface area contributed by atoms with Gasteiger partial charge >= 0.3 is 0 Å². The van der Waals surface area contributed by atoms with Crippen molar-refractivity contribution in [3.8, 4) is 0 Å². The third kappa shape index (κ3) is 1.16. The van der Waals surface area contributed by atoms with Crippen molar-refractivity contribution in [3.63, 3.8) is 0 Å². The van der Waals surface area contributed by atoms with Gasteiger partial charge in [0.05, 0.1) is 11.0 Å². The highest BCUT2D eigenvalue weighted by Crippen LogP contribution is 2.57. The molecule has 1 aromatic carbocycles. The van der Waals surface area contributed by atoms with Crippen molar-refractivity contribution in [3.05, 3.63) is 29.6 Å². The topological polar surface area (TPSA) is 28.7 Å². The van der Waals surface area contributed by atoms with Gasteiger partial charge in [0.15, 0.2) is 0 Å². The fourth-order valence-electron chi connectivity index (χ4n) is 3.33. The number of aryl methyl sites for hydroxylation is 1. The lowest BCUT2D eigenvalue weighted by Gasteiger charge is -2.06. The van der Waals surface area contributed by atoms with Crippen LogP contribution in [0.25, 0.3) is 11.0 Å². The summed E-state index contributed by atoms with van der Waals surface area (Å²) in [5, 5.41) is 0. The third-order valence-corrected chi connectivity index (χ3v) is 4.36. The molecule has 4 rings (SSSR count). The first-order valence-corrected chi connectivity index (χ1v) is 6.26. The van der Waals surface area contributed by atoms with E-state index in [0.717, 1.165) is 17.4 Å². The highest BCUT2D eigenvalue weighted by molar-refractivity contribution is 5.78. The van der Waals surface area contributed by atoms with E-state index in [4.69, 9.17) is 4.98 Å². The number of benzene rings is 1. The van der Waals surface area contributed by atoms with Gasteiger partial charge in [0.2, 0.25) is 0 Å². The Kier molecular flexibility index (Phi) is 1.58. The Morgan fingerprint density at radius 3 is 2.75 bits per heavy atom. The SMILES string of the molecule is Cc1cccc2[nH]c(C3CC4CC4C3)nc12. The summed E-state index contributed by atoms with van der Waals surface area (Å²) < 4.78 is 0. The van der Waals surface area contributed by atoms with Crippen LogP contribution in [0.1, 0.15) is 36.6 Å².